The van der Waals surface area contributed by atoms with Crippen molar-refractivity contribution in [2.24, 2.45) is 0 Å². The SMILES string of the molecule is COc1ccc2c(Cl)nc(-c3ccc(F)cc3)cc2c1. The van der Waals surface area contributed by atoms with E-state index in [-0.39, 0.29) is 5.82 Å². The molecule has 0 radical (unpaired) electrons. The molecule has 4 heteroatoms. The topological polar surface area (TPSA) is 22.1 Å². The van der Waals surface area contributed by atoms with Gasteiger partial charge in [0.25, 0.3) is 0 Å². The van der Waals surface area contributed by atoms with E-state index in [2.05, 4.69) is 4.98 Å². The molecule has 0 unspecified atom stereocenters. The molecule has 0 spiro atoms. The maximum absolute atomic E-state index is 13.0. The van der Waals surface area contributed by atoms with Crippen LogP contribution in [0, 0.1) is 5.82 Å². The van der Waals surface area contributed by atoms with Gasteiger partial charge >= 0.3 is 0 Å². The highest BCUT2D eigenvalue weighted by atomic mass is 35.5. The van der Waals surface area contributed by atoms with Crippen LogP contribution in [0.3, 0.4) is 0 Å². The minimum Gasteiger partial charge on any atom is -0.497 e. The number of nitrogens with zero attached hydrogens (tertiary/aromatic N) is 1. The molecule has 100 valence electrons. The molecule has 0 fully saturated rings. The van der Waals surface area contributed by atoms with Crippen molar-refractivity contribution in [2.75, 3.05) is 7.11 Å². The van der Waals surface area contributed by atoms with Gasteiger partial charge in [-0.15, -0.1) is 0 Å². The van der Waals surface area contributed by atoms with Crippen molar-refractivity contribution >= 4 is 22.4 Å². The summed E-state index contributed by atoms with van der Waals surface area (Å²) in [5.74, 6) is 0.479. The van der Waals surface area contributed by atoms with Crippen LogP contribution in [0.25, 0.3) is 22.0 Å². The lowest BCUT2D eigenvalue weighted by Crippen LogP contribution is -1.88. The lowest BCUT2D eigenvalue weighted by Gasteiger charge is -2.07. The number of fused-ring (bicyclic) bond motifs is 1. The van der Waals surface area contributed by atoms with Gasteiger partial charge in [0.15, 0.2) is 0 Å². The second kappa shape index (κ2) is 5.10. The number of benzene rings is 2. The summed E-state index contributed by atoms with van der Waals surface area (Å²) < 4.78 is 18.2. The van der Waals surface area contributed by atoms with Crippen LogP contribution in [0.15, 0.2) is 48.5 Å². The van der Waals surface area contributed by atoms with Gasteiger partial charge in [0.1, 0.15) is 16.7 Å². The average Bonchev–Trinajstić information content (AvgIpc) is 2.47. The molecule has 3 rings (SSSR count). The van der Waals surface area contributed by atoms with Crippen molar-refractivity contribution in [1.29, 1.82) is 0 Å². The molecule has 2 aromatic carbocycles. The zero-order valence-electron chi connectivity index (χ0n) is 10.7. The molecule has 1 heterocycles. The van der Waals surface area contributed by atoms with E-state index in [0.29, 0.717) is 10.8 Å². The summed E-state index contributed by atoms with van der Waals surface area (Å²) in [5.41, 5.74) is 1.52. The second-order valence-electron chi connectivity index (χ2n) is 4.39. The molecule has 0 saturated heterocycles. The number of pyridine rings is 1. The highest BCUT2D eigenvalue weighted by molar-refractivity contribution is 6.34. The summed E-state index contributed by atoms with van der Waals surface area (Å²) in [6.07, 6.45) is 0. The Morgan fingerprint density at radius 1 is 1.05 bits per heavy atom. The Labute approximate surface area is 120 Å². The maximum Gasteiger partial charge on any atom is 0.137 e. The summed E-state index contributed by atoms with van der Waals surface area (Å²) in [7, 11) is 1.62. The van der Waals surface area contributed by atoms with Crippen molar-refractivity contribution in [3.63, 3.8) is 0 Å². The number of aromatic nitrogens is 1. The van der Waals surface area contributed by atoms with Gasteiger partial charge in [-0.3, -0.25) is 0 Å². The number of methoxy groups -OCH3 is 1. The molecule has 20 heavy (non-hydrogen) atoms. The molecule has 3 aromatic rings. The normalized spacial score (nSPS) is 10.8. The zero-order valence-corrected chi connectivity index (χ0v) is 11.5. The van der Waals surface area contributed by atoms with E-state index >= 15 is 0 Å². The molecule has 1 aromatic heterocycles. The predicted octanol–water partition coefficient (Wildman–Crippen LogP) is 4.70. The van der Waals surface area contributed by atoms with E-state index in [0.717, 1.165) is 22.1 Å². The average molecular weight is 288 g/mol. The fourth-order valence-electron chi connectivity index (χ4n) is 2.09. The number of halogens is 2. The van der Waals surface area contributed by atoms with Gasteiger partial charge in [-0.2, -0.15) is 0 Å². The Morgan fingerprint density at radius 3 is 2.50 bits per heavy atom. The minimum absolute atomic E-state index is 0.276. The lowest BCUT2D eigenvalue weighted by molar-refractivity contribution is 0.415. The van der Waals surface area contributed by atoms with Crippen molar-refractivity contribution in [3.8, 4) is 17.0 Å². The van der Waals surface area contributed by atoms with Crippen LogP contribution in [0.4, 0.5) is 4.39 Å². The first-order chi connectivity index (χ1) is 9.67. The van der Waals surface area contributed by atoms with Gasteiger partial charge in [-0.05, 0) is 53.9 Å². The van der Waals surface area contributed by atoms with E-state index < -0.39 is 0 Å². The van der Waals surface area contributed by atoms with E-state index in [1.54, 1.807) is 19.2 Å². The van der Waals surface area contributed by atoms with Gasteiger partial charge in [-0.25, -0.2) is 9.37 Å². The summed E-state index contributed by atoms with van der Waals surface area (Å²) in [4.78, 5) is 4.36. The molecule has 0 amide bonds. The quantitative estimate of drug-likeness (QED) is 0.637. The van der Waals surface area contributed by atoms with E-state index in [4.69, 9.17) is 16.3 Å². The third-order valence-electron chi connectivity index (χ3n) is 3.13. The molecule has 0 N–H and O–H groups in total. The minimum atomic E-state index is -0.276. The Morgan fingerprint density at radius 2 is 1.80 bits per heavy atom. The summed E-state index contributed by atoms with van der Waals surface area (Å²) in [5, 5.41) is 2.21. The fraction of sp³-hybridized carbons (Fsp3) is 0.0625. The van der Waals surface area contributed by atoms with Crippen molar-refractivity contribution in [1.82, 2.24) is 4.98 Å². The molecular weight excluding hydrogens is 277 g/mol. The highest BCUT2D eigenvalue weighted by Gasteiger charge is 2.07. The molecule has 0 atom stereocenters. The first-order valence-electron chi connectivity index (χ1n) is 6.07. The smallest absolute Gasteiger partial charge is 0.137 e. The molecule has 0 aliphatic rings. The fourth-order valence-corrected chi connectivity index (χ4v) is 2.35. The second-order valence-corrected chi connectivity index (χ2v) is 4.75. The van der Waals surface area contributed by atoms with Crippen LogP contribution in [0.1, 0.15) is 0 Å². The molecule has 0 aliphatic carbocycles. The van der Waals surface area contributed by atoms with Gasteiger partial charge in [0.05, 0.1) is 12.8 Å². The Kier molecular flexibility index (Phi) is 3.28. The van der Waals surface area contributed by atoms with Crippen molar-refractivity contribution in [2.45, 2.75) is 0 Å². The summed E-state index contributed by atoms with van der Waals surface area (Å²) >= 11 is 6.21. The van der Waals surface area contributed by atoms with E-state index in [1.807, 2.05) is 24.3 Å². The number of hydrogen-bond acceptors (Lipinski definition) is 2. The number of ether oxygens (including phenoxy) is 1. The molecule has 0 bridgehead atoms. The van der Waals surface area contributed by atoms with Crippen LogP contribution in [0.5, 0.6) is 5.75 Å². The summed E-state index contributed by atoms with van der Waals surface area (Å²) in [6.45, 7) is 0. The largest absolute Gasteiger partial charge is 0.497 e. The number of hydrogen-bond donors (Lipinski definition) is 0. The molecule has 0 aliphatic heterocycles. The third kappa shape index (κ3) is 2.32. The maximum atomic E-state index is 13.0. The van der Waals surface area contributed by atoms with Gasteiger partial charge < -0.3 is 4.74 Å². The summed E-state index contributed by atoms with van der Waals surface area (Å²) in [6, 6.07) is 13.7. The van der Waals surface area contributed by atoms with Crippen molar-refractivity contribution < 1.29 is 9.13 Å². The zero-order chi connectivity index (χ0) is 14.1. The Hall–Kier alpha value is -2.13. The lowest BCUT2D eigenvalue weighted by atomic mass is 10.1. The van der Waals surface area contributed by atoms with Gasteiger partial charge in [0.2, 0.25) is 0 Å². The van der Waals surface area contributed by atoms with Crippen LogP contribution in [-0.4, -0.2) is 12.1 Å². The standard InChI is InChI=1S/C16H11ClFNO/c1-20-13-6-7-14-11(8-13)9-15(19-16(14)17)10-2-4-12(18)5-3-10/h2-9H,1H3. The monoisotopic (exact) mass is 287 g/mol. The van der Waals surface area contributed by atoms with Crippen LogP contribution >= 0.6 is 11.6 Å². The van der Waals surface area contributed by atoms with Crippen LogP contribution in [-0.2, 0) is 0 Å². The van der Waals surface area contributed by atoms with E-state index in [9.17, 15) is 4.39 Å². The first kappa shape index (κ1) is 12.9. The van der Waals surface area contributed by atoms with Crippen LogP contribution < -0.4 is 4.74 Å². The third-order valence-corrected chi connectivity index (χ3v) is 3.42. The Bertz CT molecular complexity index is 771. The van der Waals surface area contributed by atoms with Crippen molar-refractivity contribution in [3.05, 3.63) is 59.5 Å². The van der Waals surface area contributed by atoms with Gasteiger partial charge in [0, 0.05) is 10.9 Å². The first-order valence-corrected chi connectivity index (χ1v) is 6.45. The highest BCUT2D eigenvalue weighted by Crippen LogP contribution is 2.30. The Balaban J connectivity index is 2.19. The van der Waals surface area contributed by atoms with Crippen LogP contribution in [0.2, 0.25) is 5.15 Å². The predicted molar refractivity (Wildman–Crippen MR) is 78.7 cm³/mol. The van der Waals surface area contributed by atoms with E-state index in [1.165, 1.54) is 12.1 Å². The van der Waals surface area contributed by atoms with Gasteiger partial charge in [-0.1, -0.05) is 11.6 Å². The number of rotatable bonds is 2. The molecular formula is C16H11ClFNO. The molecule has 0 saturated carbocycles. The molecule has 2 nitrogen and oxygen atoms in total.